The zero-order valence-electron chi connectivity index (χ0n) is 13.8. The molecular formula is C19H20F2N2O. The summed E-state index contributed by atoms with van der Waals surface area (Å²) in [7, 11) is 0. The Labute approximate surface area is 140 Å². The molecule has 0 bridgehead atoms. The lowest BCUT2D eigenvalue weighted by Crippen LogP contribution is -2.55. The number of piperazine rings is 1. The van der Waals surface area contributed by atoms with Crippen molar-refractivity contribution in [2.45, 2.75) is 26.4 Å². The maximum Gasteiger partial charge on any atom is 0.244 e. The third kappa shape index (κ3) is 3.17. The van der Waals surface area contributed by atoms with Crippen LogP contribution in [0.15, 0.2) is 42.5 Å². The molecule has 0 aliphatic carbocycles. The van der Waals surface area contributed by atoms with Crippen molar-refractivity contribution in [3.8, 4) is 0 Å². The van der Waals surface area contributed by atoms with Gasteiger partial charge in [-0.3, -0.25) is 9.69 Å². The topological polar surface area (TPSA) is 23.6 Å². The molecule has 1 amide bonds. The van der Waals surface area contributed by atoms with E-state index in [1.165, 1.54) is 28.2 Å². The van der Waals surface area contributed by atoms with Gasteiger partial charge in [0, 0.05) is 25.7 Å². The minimum atomic E-state index is -0.706. The molecule has 2 aromatic rings. The van der Waals surface area contributed by atoms with Crippen molar-refractivity contribution in [1.29, 1.82) is 0 Å². The van der Waals surface area contributed by atoms with Crippen molar-refractivity contribution in [2.24, 2.45) is 0 Å². The number of carbonyl (C=O) groups is 1. The molecule has 3 nitrogen and oxygen atoms in total. The van der Waals surface area contributed by atoms with Gasteiger partial charge in [0.15, 0.2) is 0 Å². The molecule has 3 rings (SSSR count). The van der Waals surface area contributed by atoms with E-state index in [0.29, 0.717) is 19.6 Å². The fourth-order valence-corrected chi connectivity index (χ4v) is 3.08. The summed E-state index contributed by atoms with van der Waals surface area (Å²) in [6.45, 7) is 5.58. The van der Waals surface area contributed by atoms with Gasteiger partial charge in [-0.15, -0.1) is 0 Å². The van der Waals surface area contributed by atoms with E-state index in [1.807, 2.05) is 32.0 Å². The highest BCUT2D eigenvalue weighted by atomic mass is 19.1. The van der Waals surface area contributed by atoms with Gasteiger partial charge >= 0.3 is 0 Å². The zero-order valence-corrected chi connectivity index (χ0v) is 13.8. The highest BCUT2D eigenvalue weighted by Crippen LogP contribution is 2.25. The van der Waals surface area contributed by atoms with Gasteiger partial charge in [0.1, 0.15) is 11.6 Å². The van der Waals surface area contributed by atoms with E-state index in [0.717, 1.165) is 6.07 Å². The van der Waals surface area contributed by atoms with Crippen molar-refractivity contribution in [3.63, 3.8) is 0 Å². The van der Waals surface area contributed by atoms with Gasteiger partial charge in [0.05, 0.1) is 11.7 Å². The number of hydrogen-bond acceptors (Lipinski definition) is 2. The average molecular weight is 330 g/mol. The Bertz CT molecular complexity index is 763. The first-order valence-electron chi connectivity index (χ1n) is 8.02. The van der Waals surface area contributed by atoms with E-state index in [-0.39, 0.29) is 17.6 Å². The van der Waals surface area contributed by atoms with Crippen LogP contribution in [0.2, 0.25) is 0 Å². The van der Waals surface area contributed by atoms with E-state index in [2.05, 4.69) is 11.0 Å². The number of amides is 1. The normalized spacial score (nSPS) is 18.9. The van der Waals surface area contributed by atoms with Crippen LogP contribution < -0.4 is 4.90 Å². The maximum atomic E-state index is 14.0. The van der Waals surface area contributed by atoms with Crippen LogP contribution in [0.5, 0.6) is 0 Å². The van der Waals surface area contributed by atoms with Crippen LogP contribution in [0, 0.1) is 18.6 Å². The standard InChI is InChI=1S/C19H20F2N2O/c1-13-5-3-4-6-15(13)12-22-9-10-23(19(24)14(22)2)18-8-7-16(20)11-17(18)21/h3-8,11,14H,9-10,12H2,1-2H3/t14-/m0/s1. The van der Waals surface area contributed by atoms with Crippen LogP contribution in [-0.4, -0.2) is 29.9 Å². The molecule has 1 aliphatic rings. The lowest BCUT2D eigenvalue weighted by Gasteiger charge is -2.39. The fraction of sp³-hybridized carbons (Fsp3) is 0.316. The van der Waals surface area contributed by atoms with Crippen LogP contribution in [0.1, 0.15) is 18.1 Å². The van der Waals surface area contributed by atoms with Crippen molar-refractivity contribution in [3.05, 3.63) is 65.2 Å². The number of rotatable bonds is 3. The van der Waals surface area contributed by atoms with Crippen molar-refractivity contribution >= 4 is 11.6 Å². The van der Waals surface area contributed by atoms with Gasteiger partial charge in [-0.25, -0.2) is 8.78 Å². The first-order valence-corrected chi connectivity index (χ1v) is 8.02. The predicted octanol–water partition coefficient (Wildman–Crippen LogP) is 3.51. The summed E-state index contributed by atoms with van der Waals surface area (Å²) in [4.78, 5) is 16.2. The smallest absolute Gasteiger partial charge is 0.244 e. The van der Waals surface area contributed by atoms with Crippen LogP contribution in [0.4, 0.5) is 14.5 Å². The van der Waals surface area contributed by atoms with E-state index in [4.69, 9.17) is 0 Å². The molecule has 5 heteroatoms. The maximum absolute atomic E-state index is 14.0. The predicted molar refractivity (Wildman–Crippen MR) is 89.8 cm³/mol. The molecule has 0 unspecified atom stereocenters. The Kier molecular flexibility index (Phi) is 4.62. The Morgan fingerprint density at radius 1 is 1.12 bits per heavy atom. The average Bonchev–Trinajstić information content (AvgIpc) is 2.55. The Balaban J connectivity index is 1.77. The lowest BCUT2D eigenvalue weighted by atomic mass is 10.1. The second kappa shape index (κ2) is 6.69. The van der Waals surface area contributed by atoms with Crippen molar-refractivity contribution in [2.75, 3.05) is 18.0 Å². The molecule has 0 saturated carbocycles. The van der Waals surface area contributed by atoms with E-state index >= 15 is 0 Å². The highest BCUT2D eigenvalue weighted by molar-refractivity contribution is 5.97. The monoisotopic (exact) mass is 330 g/mol. The molecule has 0 N–H and O–H groups in total. The van der Waals surface area contributed by atoms with Crippen LogP contribution in [0.25, 0.3) is 0 Å². The minimum absolute atomic E-state index is 0.142. The van der Waals surface area contributed by atoms with Gasteiger partial charge in [-0.1, -0.05) is 24.3 Å². The second-order valence-corrected chi connectivity index (χ2v) is 6.16. The summed E-state index contributed by atoms with van der Waals surface area (Å²) in [6, 6.07) is 11.0. The Morgan fingerprint density at radius 2 is 1.88 bits per heavy atom. The molecule has 0 aromatic heterocycles. The van der Waals surface area contributed by atoms with Gasteiger partial charge in [-0.2, -0.15) is 0 Å². The molecule has 1 heterocycles. The van der Waals surface area contributed by atoms with Gasteiger partial charge in [-0.05, 0) is 37.1 Å². The molecule has 0 radical (unpaired) electrons. The molecule has 1 atom stereocenters. The summed E-state index contributed by atoms with van der Waals surface area (Å²) in [5.41, 5.74) is 2.51. The fourth-order valence-electron chi connectivity index (χ4n) is 3.08. The third-order valence-electron chi connectivity index (χ3n) is 4.62. The van der Waals surface area contributed by atoms with Gasteiger partial charge in [0.25, 0.3) is 0 Å². The minimum Gasteiger partial charge on any atom is -0.307 e. The van der Waals surface area contributed by atoms with Crippen LogP contribution >= 0.6 is 0 Å². The van der Waals surface area contributed by atoms with Gasteiger partial charge in [0.2, 0.25) is 5.91 Å². The number of halogens is 2. The highest BCUT2D eigenvalue weighted by Gasteiger charge is 2.33. The Morgan fingerprint density at radius 3 is 2.58 bits per heavy atom. The summed E-state index contributed by atoms with van der Waals surface area (Å²) >= 11 is 0. The molecule has 1 fully saturated rings. The van der Waals surface area contributed by atoms with Gasteiger partial charge < -0.3 is 4.90 Å². The summed E-state index contributed by atoms with van der Waals surface area (Å²) in [5.74, 6) is -1.52. The van der Waals surface area contributed by atoms with Crippen molar-refractivity contribution < 1.29 is 13.6 Å². The number of aryl methyl sites for hydroxylation is 1. The number of benzene rings is 2. The molecule has 1 saturated heterocycles. The largest absolute Gasteiger partial charge is 0.307 e. The number of anilines is 1. The van der Waals surface area contributed by atoms with Crippen LogP contribution in [-0.2, 0) is 11.3 Å². The molecule has 2 aromatic carbocycles. The number of nitrogens with zero attached hydrogens (tertiary/aromatic N) is 2. The first-order chi connectivity index (χ1) is 11.5. The van der Waals surface area contributed by atoms with E-state index in [1.54, 1.807) is 0 Å². The number of hydrogen-bond donors (Lipinski definition) is 0. The van der Waals surface area contributed by atoms with Crippen LogP contribution in [0.3, 0.4) is 0 Å². The zero-order chi connectivity index (χ0) is 17.3. The third-order valence-corrected chi connectivity index (χ3v) is 4.62. The molecule has 0 spiro atoms. The molecule has 126 valence electrons. The molecule has 1 aliphatic heterocycles. The summed E-state index contributed by atoms with van der Waals surface area (Å²) in [5, 5.41) is 0. The quantitative estimate of drug-likeness (QED) is 0.860. The summed E-state index contributed by atoms with van der Waals surface area (Å²) in [6.07, 6.45) is 0. The SMILES string of the molecule is Cc1ccccc1CN1CCN(c2ccc(F)cc2F)C(=O)[C@@H]1C. The van der Waals surface area contributed by atoms with Crippen molar-refractivity contribution in [1.82, 2.24) is 4.90 Å². The molecule has 24 heavy (non-hydrogen) atoms. The Hall–Kier alpha value is -2.27. The number of carbonyl (C=O) groups excluding carboxylic acids is 1. The second-order valence-electron chi connectivity index (χ2n) is 6.16. The molecular weight excluding hydrogens is 310 g/mol. The summed E-state index contributed by atoms with van der Waals surface area (Å²) < 4.78 is 27.1. The van der Waals surface area contributed by atoms with E-state index in [9.17, 15) is 13.6 Å². The van der Waals surface area contributed by atoms with E-state index < -0.39 is 11.6 Å². The lowest BCUT2D eigenvalue weighted by molar-refractivity contribution is -0.125. The first kappa shape index (κ1) is 16.6.